The second-order valence-corrected chi connectivity index (χ2v) is 2.95. The van der Waals surface area contributed by atoms with Crippen LogP contribution in [0.4, 0.5) is 0 Å². The molecule has 0 amide bonds. The van der Waals surface area contributed by atoms with Crippen molar-refractivity contribution >= 4 is 5.97 Å². The summed E-state index contributed by atoms with van der Waals surface area (Å²) < 4.78 is 6.05. The van der Waals surface area contributed by atoms with Gasteiger partial charge in [-0.05, 0) is 6.07 Å². The van der Waals surface area contributed by atoms with Crippen molar-refractivity contribution in [3.8, 4) is 0 Å². The molecule has 0 radical (unpaired) electrons. The Balaban J connectivity index is 2.87. The van der Waals surface area contributed by atoms with E-state index in [1.54, 1.807) is 13.1 Å². The van der Waals surface area contributed by atoms with Gasteiger partial charge in [-0.15, -0.1) is 0 Å². The number of rotatable bonds is 3. The summed E-state index contributed by atoms with van der Waals surface area (Å²) in [5.74, 6) is -0.479. The number of ether oxygens (including phenoxy) is 1. The molecule has 0 aliphatic heterocycles. The Kier molecular flexibility index (Phi) is 3.21. The van der Waals surface area contributed by atoms with E-state index in [4.69, 9.17) is 5.21 Å². The minimum Gasteiger partial charge on any atom is -0.464 e. The number of methoxy groups -OCH3 is 1. The van der Waals surface area contributed by atoms with E-state index in [2.05, 4.69) is 9.84 Å². The van der Waals surface area contributed by atoms with Gasteiger partial charge in [-0.3, -0.25) is 4.68 Å². The molecule has 0 spiro atoms. The van der Waals surface area contributed by atoms with Gasteiger partial charge in [-0.25, -0.2) is 4.79 Å². The van der Waals surface area contributed by atoms with E-state index < -0.39 is 5.97 Å². The average molecular weight is 199 g/mol. The molecule has 0 aliphatic carbocycles. The molecule has 0 saturated carbocycles. The van der Waals surface area contributed by atoms with Crippen molar-refractivity contribution in [2.45, 2.75) is 6.54 Å². The van der Waals surface area contributed by atoms with Gasteiger partial charge in [-0.2, -0.15) is 10.2 Å². The van der Waals surface area contributed by atoms with Crippen LogP contribution in [0.25, 0.3) is 0 Å². The average Bonchev–Trinajstić information content (AvgIpc) is 2.46. The second-order valence-electron chi connectivity index (χ2n) is 2.95. The fourth-order valence-corrected chi connectivity index (χ4v) is 1.09. The number of carbonyl (C=O) groups is 1. The number of hydrogen-bond donors (Lipinski definition) is 1. The summed E-state index contributed by atoms with van der Waals surface area (Å²) in [5.41, 5.74) is 0.974. The van der Waals surface area contributed by atoms with Gasteiger partial charge in [0.1, 0.15) is 0 Å². The molecule has 0 fully saturated rings. The molecule has 0 saturated heterocycles. The smallest absolute Gasteiger partial charge is 0.358 e. The fraction of sp³-hybridized carbons (Fsp3) is 0.500. The lowest BCUT2D eigenvalue weighted by atomic mass is 10.3. The fourth-order valence-electron chi connectivity index (χ4n) is 1.09. The van der Waals surface area contributed by atoms with Gasteiger partial charge in [-0.1, -0.05) is 0 Å². The molecule has 1 heterocycles. The van der Waals surface area contributed by atoms with Gasteiger partial charge >= 0.3 is 5.97 Å². The van der Waals surface area contributed by atoms with E-state index in [1.807, 2.05) is 0 Å². The Morgan fingerprint density at radius 1 is 1.79 bits per heavy atom. The molecule has 6 nitrogen and oxygen atoms in total. The molecular formula is C8H13N3O3. The van der Waals surface area contributed by atoms with Crippen molar-refractivity contribution in [1.82, 2.24) is 14.8 Å². The maximum Gasteiger partial charge on any atom is 0.358 e. The largest absolute Gasteiger partial charge is 0.464 e. The maximum atomic E-state index is 11.1. The van der Waals surface area contributed by atoms with Crippen LogP contribution in [0.1, 0.15) is 16.2 Å². The molecule has 1 rings (SSSR count). The summed E-state index contributed by atoms with van der Waals surface area (Å²) in [6.45, 7) is 0.306. The summed E-state index contributed by atoms with van der Waals surface area (Å²) in [6, 6.07) is 1.58. The summed E-state index contributed by atoms with van der Waals surface area (Å²) in [5, 5.41) is 14.0. The molecule has 0 aromatic carbocycles. The third-order valence-corrected chi connectivity index (χ3v) is 1.76. The molecule has 6 heteroatoms. The Hall–Kier alpha value is -1.40. The normalized spacial score (nSPS) is 10.6. The third-order valence-electron chi connectivity index (χ3n) is 1.76. The summed E-state index contributed by atoms with van der Waals surface area (Å²) >= 11 is 0. The maximum absolute atomic E-state index is 11.1. The van der Waals surface area contributed by atoms with Crippen molar-refractivity contribution in [3.63, 3.8) is 0 Å². The van der Waals surface area contributed by atoms with Crippen LogP contribution in [0.5, 0.6) is 0 Å². The molecule has 14 heavy (non-hydrogen) atoms. The minimum absolute atomic E-state index is 0.242. The van der Waals surface area contributed by atoms with Crippen LogP contribution in [0.2, 0.25) is 0 Å². The standard InChI is InChI=1S/C8H13N3O3/c1-10(13)5-6-4-7(8(12)14-3)9-11(6)2/h4,13H,5H2,1-3H3. The number of aryl methyl sites for hydroxylation is 1. The van der Waals surface area contributed by atoms with Crippen LogP contribution in [0.3, 0.4) is 0 Å². The number of hydroxylamine groups is 2. The van der Waals surface area contributed by atoms with Crippen molar-refractivity contribution in [1.29, 1.82) is 0 Å². The number of nitrogens with zero attached hydrogens (tertiary/aromatic N) is 3. The number of aromatic nitrogens is 2. The van der Waals surface area contributed by atoms with Crippen molar-refractivity contribution in [3.05, 3.63) is 17.5 Å². The summed E-state index contributed by atoms with van der Waals surface area (Å²) in [6.07, 6.45) is 0. The van der Waals surface area contributed by atoms with E-state index >= 15 is 0 Å². The highest BCUT2D eigenvalue weighted by atomic mass is 16.5. The Labute approximate surface area is 81.6 Å². The van der Waals surface area contributed by atoms with Crippen LogP contribution in [-0.4, -0.2) is 40.2 Å². The monoisotopic (exact) mass is 199 g/mol. The zero-order valence-corrected chi connectivity index (χ0v) is 8.39. The first-order valence-corrected chi connectivity index (χ1v) is 4.06. The predicted molar refractivity (Wildman–Crippen MR) is 47.8 cm³/mol. The number of carbonyl (C=O) groups excluding carboxylic acids is 1. The van der Waals surface area contributed by atoms with Gasteiger partial charge in [0, 0.05) is 14.1 Å². The summed E-state index contributed by atoms with van der Waals surface area (Å²) in [7, 11) is 4.52. The zero-order chi connectivity index (χ0) is 10.7. The molecule has 0 aliphatic rings. The highest BCUT2D eigenvalue weighted by molar-refractivity contribution is 5.87. The van der Waals surface area contributed by atoms with Crippen LogP contribution in [0.15, 0.2) is 6.07 Å². The van der Waals surface area contributed by atoms with Crippen LogP contribution < -0.4 is 0 Å². The first-order chi connectivity index (χ1) is 6.54. The SMILES string of the molecule is COC(=O)c1cc(CN(C)O)n(C)n1. The molecular weight excluding hydrogens is 186 g/mol. The molecule has 0 unspecified atom stereocenters. The quantitative estimate of drug-likeness (QED) is 0.549. The predicted octanol–water partition coefficient (Wildman–Crippen LogP) is 0.0277. The van der Waals surface area contributed by atoms with E-state index in [-0.39, 0.29) is 5.69 Å². The topological polar surface area (TPSA) is 67.6 Å². The number of esters is 1. The lowest BCUT2D eigenvalue weighted by Gasteiger charge is -2.06. The van der Waals surface area contributed by atoms with E-state index in [9.17, 15) is 4.79 Å². The first kappa shape index (κ1) is 10.7. The molecule has 1 aromatic rings. The lowest BCUT2D eigenvalue weighted by Crippen LogP contribution is -2.14. The van der Waals surface area contributed by atoms with Crippen molar-refractivity contribution in [2.75, 3.05) is 14.2 Å². The van der Waals surface area contributed by atoms with Gasteiger partial charge < -0.3 is 9.94 Å². The van der Waals surface area contributed by atoms with Crippen LogP contribution in [0, 0.1) is 0 Å². The first-order valence-electron chi connectivity index (χ1n) is 4.06. The van der Waals surface area contributed by atoms with E-state index in [0.717, 1.165) is 10.8 Å². The van der Waals surface area contributed by atoms with Gasteiger partial charge in [0.05, 0.1) is 19.3 Å². The zero-order valence-electron chi connectivity index (χ0n) is 8.39. The lowest BCUT2D eigenvalue weighted by molar-refractivity contribution is -0.0748. The van der Waals surface area contributed by atoms with Crippen LogP contribution >= 0.6 is 0 Å². The summed E-state index contributed by atoms with van der Waals surface area (Å²) in [4.78, 5) is 11.1. The minimum atomic E-state index is -0.479. The van der Waals surface area contributed by atoms with Crippen molar-refractivity contribution in [2.24, 2.45) is 7.05 Å². The third kappa shape index (κ3) is 2.30. The van der Waals surface area contributed by atoms with Gasteiger partial charge in [0.25, 0.3) is 0 Å². The van der Waals surface area contributed by atoms with E-state index in [0.29, 0.717) is 6.54 Å². The van der Waals surface area contributed by atoms with Gasteiger partial charge in [0.2, 0.25) is 0 Å². The Morgan fingerprint density at radius 2 is 2.43 bits per heavy atom. The van der Waals surface area contributed by atoms with E-state index in [1.165, 1.54) is 18.8 Å². The number of hydrogen-bond acceptors (Lipinski definition) is 5. The van der Waals surface area contributed by atoms with Crippen LogP contribution in [-0.2, 0) is 18.3 Å². The second kappa shape index (κ2) is 4.21. The van der Waals surface area contributed by atoms with Gasteiger partial charge in [0.15, 0.2) is 5.69 Å². The Bertz CT molecular complexity index is 333. The molecule has 1 aromatic heterocycles. The molecule has 1 N–H and O–H groups in total. The highest BCUT2D eigenvalue weighted by Gasteiger charge is 2.13. The van der Waals surface area contributed by atoms with Crippen molar-refractivity contribution < 1.29 is 14.7 Å². The molecule has 78 valence electrons. The molecule has 0 bridgehead atoms. The highest BCUT2D eigenvalue weighted by Crippen LogP contribution is 2.05. The molecule has 0 atom stereocenters. The Morgan fingerprint density at radius 3 is 2.93 bits per heavy atom.